The number of rotatable bonds is 5. The molecule has 2 aliphatic rings. The van der Waals surface area contributed by atoms with Gasteiger partial charge >= 0.3 is 0 Å². The predicted molar refractivity (Wildman–Crippen MR) is 83.5 cm³/mol. The molecule has 0 bridgehead atoms. The lowest BCUT2D eigenvalue weighted by Gasteiger charge is -2.29. The molecule has 1 aromatic carbocycles. The first-order chi connectivity index (χ1) is 10.4. The quantitative estimate of drug-likeness (QED) is 0.850. The zero-order chi connectivity index (χ0) is 16.0. The van der Waals surface area contributed by atoms with Crippen LogP contribution in [0.1, 0.15) is 39.7 Å². The van der Waals surface area contributed by atoms with Gasteiger partial charge in [0.05, 0.1) is 18.3 Å². The van der Waals surface area contributed by atoms with Crippen molar-refractivity contribution in [2.75, 3.05) is 0 Å². The molecular formula is C18H26O4. The first kappa shape index (κ1) is 15.9. The van der Waals surface area contributed by atoms with E-state index in [-0.39, 0.29) is 30.0 Å². The maximum absolute atomic E-state index is 11.0. The van der Waals surface area contributed by atoms with Crippen LogP contribution in [0.5, 0.6) is 0 Å². The SMILES string of the molecule is CC[C@H]1OC(C2OC2(C)C)[C@](C)(O)[C@H]1OCc1ccccc1. The Balaban J connectivity index is 1.71. The third-order valence-corrected chi connectivity index (χ3v) is 4.82. The topological polar surface area (TPSA) is 51.2 Å². The normalized spacial score (nSPS) is 39.9. The summed E-state index contributed by atoms with van der Waals surface area (Å²) in [5.74, 6) is 0. The van der Waals surface area contributed by atoms with Crippen molar-refractivity contribution in [3.8, 4) is 0 Å². The smallest absolute Gasteiger partial charge is 0.119 e. The minimum absolute atomic E-state index is 0.0677. The van der Waals surface area contributed by atoms with Gasteiger partial charge in [-0.1, -0.05) is 37.3 Å². The zero-order valence-electron chi connectivity index (χ0n) is 13.8. The van der Waals surface area contributed by atoms with E-state index < -0.39 is 5.60 Å². The summed E-state index contributed by atoms with van der Waals surface area (Å²) in [6, 6.07) is 10.0. The number of ether oxygens (including phenoxy) is 3. The summed E-state index contributed by atoms with van der Waals surface area (Å²) >= 11 is 0. The minimum Gasteiger partial charge on any atom is -0.385 e. The molecular weight excluding hydrogens is 280 g/mol. The van der Waals surface area contributed by atoms with Crippen LogP contribution in [-0.2, 0) is 20.8 Å². The van der Waals surface area contributed by atoms with E-state index >= 15 is 0 Å². The fourth-order valence-corrected chi connectivity index (χ4v) is 3.38. The Morgan fingerprint density at radius 2 is 1.77 bits per heavy atom. The maximum atomic E-state index is 11.0. The molecule has 122 valence electrons. The third kappa shape index (κ3) is 2.81. The van der Waals surface area contributed by atoms with Crippen molar-refractivity contribution in [2.45, 2.75) is 76.3 Å². The lowest BCUT2D eigenvalue weighted by Crippen LogP contribution is -2.49. The van der Waals surface area contributed by atoms with E-state index in [0.29, 0.717) is 6.61 Å². The van der Waals surface area contributed by atoms with E-state index in [0.717, 1.165) is 12.0 Å². The van der Waals surface area contributed by atoms with E-state index in [4.69, 9.17) is 14.2 Å². The van der Waals surface area contributed by atoms with Crippen LogP contribution in [0.4, 0.5) is 0 Å². The molecule has 0 amide bonds. The molecule has 2 saturated heterocycles. The molecule has 4 heteroatoms. The average molecular weight is 306 g/mol. The predicted octanol–water partition coefficient (Wildman–Crippen LogP) is 2.68. The molecule has 22 heavy (non-hydrogen) atoms. The third-order valence-electron chi connectivity index (χ3n) is 4.82. The van der Waals surface area contributed by atoms with Crippen molar-refractivity contribution in [3.63, 3.8) is 0 Å². The van der Waals surface area contributed by atoms with Crippen molar-refractivity contribution in [1.82, 2.24) is 0 Å². The molecule has 5 atom stereocenters. The fourth-order valence-electron chi connectivity index (χ4n) is 3.38. The van der Waals surface area contributed by atoms with Crippen molar-refractivity contribution in [1.29, 1.82) is 0 Å². The molecule has 1 N–H and O–H groups in total. The standard InChI is InChI=1S/C18H26O4/c1-5-13-14(20-11-12-9-7-6-8-10-12)18(4,19)16(21-13)15-17(2,3)22-15/h6-10,13-16,19H,5,11H2,1-4H3/t13-,14+,15?,16?,18-/m1/s1. The number of benzene rings is 1. The molecule has 2 unspecified atom stereocenters. The highest BCUT2D eigenvalue weighted by Crippen LogP contribution is 2.47. The highest BCUT2D eigenvalue weighted by atomic mass is 16.7. The second-order valence-electron chi connectivity index (χ2n) is 7.09. The Hall–Kier alpha value is -0.940. The molecule has 3 rings (SSSR count). The zero-order valence-corrected chi connectivity index (χ0v) is 13.8. The van der Waals surface area contributed by atoms with Gasteiger partial charge in [0.25, 0.3) is 0 Å². The minimum atomic E-state index is -1.05. The Labute approximate surface area is 132 Å². The summed E-state index contributed by atoms with van der Waals surface area (Å²) in [4.78, 5) is 0. The van der Waals surface area contributed by atoms with Gasteiger partial charge in [0.1, 0.15) is 23.9 Å². The largest absolute Gasteiger partial charge is 0.385 e. The van der Waals surface area contributed by atoms with Gasteiger partial charge < -0.3 is 19.3 Å². The number of epoxide rings is 1. The second-order valence-corrected chi connectivity index (χ2v) is 7.09. The molecule has 2 fully saturated rings. The van der Waals surface area contributed by atoms with Gasteiger partial charge in [0.15, 0.2) is 0 Å². The van der Waals surface area contributed by atoms with Crippen molar-refractivity contribution >= 4 is 0 Å². The van der Waals surface area contributed by atoms with Gasteiger partial charge in [-0.2, -0.15) is 0 Å². The Morgan fingerprint density at radius 3 is 2.32 bits per heavy atom. The first-order valence-corrected chi connectivity index (χ1v) is 8.07. The lowest BCUT2D eigenvalue weighted by atomic mass is 9.87. The fraction of sp³-hybridized carbons (Fsp3) is 0.667. The highest BCUT2D eigenvalue weighted by molar-refractivity contribution is 5.15. The number of hydrogen-bond donors (Lipinski definition) is 1. The van der Waals surface area contributed by atoms with Crippen LogP contribution >= 0.6 is 0 Å². The van der Waals surface area contributed by atoms with Crippen LogP contribution in [0.3, 0.4) is 0 Å². The Morgan fingerprint density at radius 1 is 1.14 bits per heavy atom. The van der Waals surface area contributed by atoms with E-state index in [1.54, 1.807) is 6.92 Å². The van der Waals surface area contributed by atoms with Gasteiger partial charge in [-0.15, -0.1) is 0 Å². The van der Waals surface area contributed by atoms with Crippen molar-refractivity contribution < 1.29 is 19.3 Å². The Kier molecular flexibility index (Phi) is 4.06. The van der Waals surface area contributed by atoms with Crippen LogP contribution in [0.15, 0.2) is 30.3 Å². The van der Waals surface area contributed by atoms with Crippen molar-refractivity contribution in [2.24, 2.45) is 0 Å². The summed E-state index contributed by atoms with van der Waals surface area (Å²) in [5, 5.41) is 11.0. The second kappa shape index (κ2) is 5.60. The van der Waals surface area contributed by atoms with E-state index in [2.05, 4.69) is 6.92 Å². The van der Waals surface area contributed by atoms with Gasteiger partial charge in [0.2, 0.25) is 0 Å². The molecule has 2 heterocycles. The van der Waals surface area contributed by atoms with E-state index in [1.165, 1.54) is 0 Å². The lowest BCUT2D eigenvalue weighted by molar-refractivity contribution is -0.101. The van der Waals surface area contributed by atoms with Crippen molar-refractivity contribution in [3.05, 3.63) is 35.9 Å². The summed E-state index contributed by atoms with van der Waals surface area (Å²) in [5.41, 5.74) is -0.172. The summed E-state index contributed by atoms with van der Waals surface area (Å²) < 4.78 is 17.8. The average Bonchev–Trinajstić information content (AvgIpc) is 3.01. The number of aliphatic hydroxyl groups is 1. The summed E-state index contributed by atoms with van der Waals surface area (Å²) in [6.07, 6.45) is -0.0549. The monoisotopic (exact) mass is 306 g/mol. The van der Waals surface area contributed by atoms with Crippen LogP contribution in [-0.4, -0.2) is 40.7 Å². The van der Waals surface area contributed by atoms with E-state index in [1.807, 2.05) is 44.2 Å². The molecule has 0 radical (unpaired) electrons. The van der Waals surface area contributed by atoms with Gasteiger partial charge in [-0.05, 0) is 32.8 Å². The van der Waals surface area contributed by atoms with Gasteiger partial charge in [-0.3, -0.25) is 0 Å². The maximum Gasteiger partial charge on any atom is 0.119 e. The van der Waals surface area contributed by atoms with Crippen LogP contribution < -0.4 is 0 Å². The first-order valence-electron chi connectivity index (χ1n) is 8.07. The molecule has 0 saturated carbocycles. The Bertz CT molecular complexity index is 511. The van der Waals surface area contributed by atoms with Crippen LogP contribution in [0.2, 0.25) is 0 Å². The van der Waals surface area contributed by atoms with Crippen LogP contribution in [0.25, 0.3) is 0 Å². The number of hydrogen-bond acceptors (Lipinski definition) is 4. The summed E-state index contributed by atoms with van der Waals surface area (Å²) in [6.45, 7) is 8.39. The van der Waals surface area contributed by atoms with Gasteiger partial charge in [0, 0.05) is 0 Å². The molecule has 0 aromatic heterocycles. The molecule has 0 spiro atoms. The van der Waals surface area contributed by atoms with Crippen LogP contribution in [0, 0.1) is 0 Å². The molecule has 0 aliphatic carbocycles. The van der Waals surface area contributed by atoms with Gasteiger partial charge in [-0.25, -0.2) is 0 Å². The molecule has 2 aliphatic heterocycles. The molecule has 1 aromatic rings. The summed E-state index contributed by atoms with van der Waals surface area (Å²) in [7, 11) is 0. The molecule has 4 nitrogen and oxygen atoms in total. The van der Waals surface area contributed by atoms with E-state index in [9.17, 15) is 5.11 Å². The highest BCUT2D eigenvalue weighted by Gasteiger charge is 2.65.